The lowest BCUT2D eigenvalue weighted by Gasteiger charge is -2.14. The summed E-state index contributed by atoms with van der Waals surface area (Å²) in [5.41, 5.74) is 0. The third kappa shape index (κ3) is 4.46. The molecule has 7 heteroatoms. The van der Waals surface area contributed by atoms with Crippen molar-refractivity contribution in [2.24, 2.45) is 7.05 Å². The van der Waals surface area contributed by atoms with E-state index in [1.807, 2.05) is 11.6 Å². The van der Waals surface area contributed by atoms with Gasteiger partial charge in [0.1, 0.15) is 17.9 Å². The third-order valence-electron chi connectivity index (χ3n) is 2.93. The van der Waals surface area contributed by atoms with Crippen molar-refractivity contribution < 1.29 is 9.53 Å². The van der Waals surface area contributed by atoms with Crippen LogP contribution in [-0.4, -0.2) is 33.3 Å². The third-order valence-corrected chi connectivity index (χ3v) is 3.17. The minimum Gasteiger partial charge on any atom is -0.481 e. The summed E-state index contributed by atoms with van der Waals surface area (Å²) in [7, 11) is 1.86. The van der Waals surface area contributed by atoms with E-state index in [9.17, 15) is 4.79 Å². The summed E-state index contributed by atoms with van der Waals surface area (Å²) in [6.45, 7) is 2.17. The number of nitrogens with zero attached hydrogens (tertiary/aromatic N) is 3. The predicted octanol–water partition coefficient (Wildman–Crippen LogP) is 1.59. The molecule has 6 nitrogen and oxygen atoms in total. The Bertz CT molecular complexity index is 615. The molecular formula is C14H17ClN4O2. The molecule has 2 aromatic rings. The number of aryl methyl sites for hydroxylation is 1. The summed E-state index contributed by atoms with van der Waals surface area (Å²) in [4.78, 5) is 11.9. The Kier molecular flexibility index (Phi) is 5.16. The molecule has 1 aromatic heterocycles. The first kappa shape index (κ1) is 15.3. The second-order valence-corrected chi connectivity index (χ2v) is 5.05. The molecule has 0 radical (unpaired) electrons. The van der Waals surface area contributed by atoms with Crippen LogP contribution in [0.1, 0.15) is 12.7 Å². The van der Waals surface area contributed by atoms with Crippen LogP contribution in [0.3, 0.4) is 0 Å². The molecule has 1 aromatic carbocycles. The summed E-state index contributed by atoms with van der Waals surface area (Å²) in [5.74, 6) is 1.20. The molecule has 0 aliphatic carbocycles. The molecule has 0 fully saturated rings. The van der Waals surface area contributed by atoms with Crippen LogP contribution in [0, 0.1) is 0 Å². The number of hydrogen-bond acceptors (Lipinski definition) is 4. The van der Waals surface area contributed by atoms with E-state index in [1.165, 1.54) is 0 Å². The average molecular weight is 309 g/mol. The van der Waals surface area contributed by atoms with E-state index >= 15 is 0 Å². The maximum Gasteiger partial charge on any atom is 0.260 e. The lowest BCUT2D eigenvalue weighted by atomic mass is 10.3. The molecule has 0 saturated heterocycles. The van der Waals surface area contributed by atoms with Gasteiger partial charge in [-0.15, -0.1) is 10.2 Å². The molecule has 1 heterocycles. The van der Waals surface area contributed by atoms with Gasteiger partial charge in [0.15, 0.2) is 6.10 Å². The molecule has 112 valence electrons. The maximum absolute atomic E-state index is 11.9. The van der Waals surface area contributed by atoms with Gasteiger partial charge in [-0.05, 0) is 25.1 Å². The van der Waals surface area contributed by atoms with Gasteiger partial charge >= 0.3 is 0 Å². The number of amides is 1. The quantitative estimate of drug-likeness (QED) is 0.880. The van der Waals surface area contributed by atoms with Crippen LogP contribution in [0.25, 0.3) is 0 Å². The largest absolute Gasteiger partial charge is 0.481 e. The van der Waals surface area contributed by atoms with Crippen molar-refractivity contribution in [3.8, 4) is 5.75 Å². The minimum absolute atomic E-state index is 0.183. The van der Waals surface area contributed by atoms with E-state index in [1.54, 1.807) is 37.5 Å². The number of rotatable bonds is 6. The maximum atomic E-state index is 11.9. The number of benzene rings is 1. The number of aromatic nitrogens is 3. The lowest BCUT2D eigenvalue weighted by Crippen LogP contribution is -2.37. The second-order valence-electron chi connectivity index (χ2n) is 4.62. The highest BCUT2D eigenvalue weighted by Gasteiger charge is 2.14. The standard InChI is InChI=1S/C14H17ClN4O2/c1-10(21-12-5-3-4-11(15)8-12)14(20)16-7-6-13-18-17-9-19(13)2/h3-5,8-10H,6-7H2,1-2H3,(H,16,20)/t10-/m1/s1. The van der Waals surface area contributed by atoms with Gasteiger partial charge in [-0.2, -0.15) is 0 Å². The number of hydrogen-bond donors (Lipinski definition) is 1. The molecular weight excluding hydrogens is 292 g/mol. The Hall–Kier alpha value is -2.08. The molecule has 1 amide bonds. The fourth-order valence-electron chi connectivity index (χ4n) is 1.77. The van der Waals surface area contributed by atoms with Crippen LogP contribution in [0.5, 0.6) is 5.75 Å². The monoisotopic (exact) mass is 308 g/mol. The van der Waals surface area contributed by atoms with Crippen molar-refractivity contribution in [1.29, 1.82) is 0 Å². The summed E-state index contributed by atoms with van der Waals surface area (Å²) in [6.07, 6.45) is 1.65. The Balaban J connectivity index is 1.79. The first-order valence-electron chi connectivity index (χ1n) is 6.59. The fourth-order valence-corrected chi connectivity index (χ4v) is 1.95. The van der Waals surface area contributed by atoms with Crippen LogP contribution in [0.2, 0.25) is 5.02 Å². The van der Waals surface area contributed by atoms with E-state index in [4.69, 9.17) is 16.3 Å². The summed E-state index contributed by atoms with van der Waals surface area (Å²) < 4.78 is 7.36. The van der Waals surface area contributed by atoms with E-state index in [2.05, 4.69) is 15.5 Å². The highest BCUT2D eigenvalue weighted by Crippen LogP contribution is 2.18. The van der Waals surface area contributed by atoms with Crippen LogP contribution in [0.15, 0.2) is 30.6 Å². The summed E-state index contributed by atoms with van der Waals surface area (Å²) in [6, 6.07) is 6.95. The minimum atomic E-state index is -0.594. The van der Waals surface area contributed by atoms with Gasteiger partial charge in [-0.1, -0.05) is 17.7 Å². The fraction of sp³-hybridized carbons (Fsp3) is 0.357. The van der Waals surface area contributed by atoms with Crippen LogP contribution in [-0.2, 0) is 18.3 Å². The molecule has 0 aliphatic heterocycles. The lowest BCUT2D eigenvalue weighted by molar-refractivity contribution is -0.127. The number of nitrogens with one attached hydrogen (secondary N) is 1. The van der Waals surface area contributed by atoms with Gasteiger partial charge in [0.05, 0.1) is 0 Å². The Morgan fingerprint density at radius 1 is 1.52 bits per heavy atom. The van der Waals surface area contributed by atoms with E-state index in [0.29, 0.717) is 23.7 Å². The smallest absolute Gasteiger partial charge is 0.260 e. The number of ether oxygens (including phenoxy) is 1. The van der Waals surface area contributed by atoms with Gasteiger partial charge in [0, 0.05) is 25.0 Å². The number of carbonyl (C=O) groups is 1. The summed E-state index contributed by atoms with van der Waals surface area (Å²) >= 11 is 5.87. The first-order valence-corrected chi connectivity index (χ1v) is 6.97. The average Bonchev–Trinajstić information content (AvgIpc) is 2.84. The molecule has 0 spiro atoms. The zero-order valence-corrected chi connectivity index (χ0v) is 12.7. The van der Waals surface area contributed by atoms with Crippen molar-refractivity contribution in [2.45, 2.75) is 19.4 Å². The van der Waals surface area contributed by atoms with Crippen LogP contribution >= 0.6 is 11.6 Å². The van der Waals surface area contributed by atoms with Crippen LogP contribution < -0.4 is 10.1 Å². The molecule has 21 heavy (non-hydrogen) atoms. The van der Waals surface area contributed by atoms with Crippen molar-refractivity contribution >= 4 is 17.5 Å². The Morgan fingerprint density at radius 3 is 3.00 bits per heavy atom. The van der Waals surface area contributed by atoms with Crippen molar-refractivity contribution in [2.75, 3.05) is 6.54 Å². The van der Waals surface area contributed by atoms with E-state index < -0.39 is 6.10 Å². The first-order chi connectivity index (χ1) is 10.1. The summed E-state index contributed by atoms with van der Waals surface area (Å²) in [5, 5.41) is 11.1. The van der Waals surface area contributed by atoms with Crippen molar-refractivity contribution in [1.82, 2.24) is 20.1 Å². The molecule has 0 unspecified atom stereocenters. The molecule has 1 atom stereocenters. The van der Waals surface area contributed by atoms with Gasteiger partial charge in [-0.25, -0.2) is 0 Å². The van der Waals surface area contributed by atoms with Crippen LogP contribution in [0.4, 0.5) is 0 Å². The SMILES string of the molecule is C[C@@H](Oc1cccc(Cl)c1)C(=O)NCCc1nncn1C. The highest BCUT2D eigenvalue weighted by molar-refractivity contribution is 6.30. The van der Waals surface area contributed by atoms with Crippen molar-refractivity contribution in [3.63, 3.8) is 0 Å². The predicted molar refractivity (Wildman–Crippen MR) is 79.3 cm³/mol. The van der Waals surface area contributed by atoms with Gasteiger partial charge in [0.2, 0.25) is 0 Å². The van der Waals surface area contributed by atoms with Gasteiger partial charge in [-0.3, -0.25) is 4.79 Å². The zero-order chi connectivity index (χ0) is 15.2. The zero-order valence-electron chi connectivity index (χ0n) is 11.9. The second kappa shape index (κ2) is 7.08. The number of halogens is 1. The molecule has 2 rings (SSSR count). The molecule has 0 saturated carbocycles. The normalized spacial score (nSPS) is 12.0. The Labute approximate surface area is 128 Å². The van der Waals surface area contributed by atoms with E-state index in [-0.39, 0.29) is 5.91 Å². The molecule has 0 aliphatic rings. The van der Waals surface area contributed by atoms with E-state index in [0.717, 1.165) is 5.82 Å². The van der Waals surface area contributed by atoms with Gasteiger partial charge in [0.25, 0.3) is 5.91 Å². The highest BCUT2D eigenvalue weighted by atomic mass is 35.5. The van der Waals surface area contributed by atoms with Crippen molar-refractivity contribution in [3.05, 3.63) is 41.4 Å². The topological polar surface area (TPSA) is 69.0 Å². The molecule has 0 bridgehead atoms. The van der Waals surface area contributed by atoms with Gasteiger partial charge < -0.3 is 14.6 Å². The number of carbonyl (C=O) groups excluding carboxylic acids is 1. The Morgan fingerprint density at radius 2 is 2.33 bits per heavy atom. The molecule has 1 N–H and O–H groups in total.